The zero-order valence-corrected chi connectivity index (χ0v) is 15.3. The van der Waals surface area contributed by atoms with Crippen LogP contribution in [0.1, 0.15) is 0 Å². The van der Waals surface area contributed by atoms with Crippen molar-refractivity contribution in [1.82, 2.24) is 9.88 Å². The molecule has 5 nitrogen and oxygen atoms in total. The monoisotopic (exact) mass is 364 g/mol. The maximum atomic E-state index is 10.4. The van der Waals surface area contributed by atoms with Gasteiger partial charge in [0, 0.05) is 43.0 Å². The number of hydrogen-bond donors (Lipinski definition) is 1. The predicted molar refractivity (Wildman–Crippen MR) is 106 cm³/mol. The van der Waals surface area contributed by atoms with Crippen LogP contribution in [0.25, 0.3) is 21.9 Å². The minimum absolute atomic E-state index is 0.265. The quantitative estimate of drug-likeness (QED) is 0.729. The first-order valence-electron chi connectivity index (χ1n) is 9.34. The fourth-order valence-electron chi connectivity index (χ4n) is 3.49. The first kappa shape index (κ1) is 17.9. The van der Waals surface area contributed by atoms with Crippen LogP contribution in [0.4, 0.5) is 0 Å². The zero-order chi connectivity index (χ0) is 18.5. The first-order chi connectivity index (χ1) is 13.3. The molecule has 0 amide bonds. The lowest BCUT2D eigenvalue weighted by Crippen LogP contribution is -2.42. The van der Waals surface area contributed by atoms with Gasteiger partial charge in [0.25, 0.3) is 0 Å². The topological polar surface area (TPSA) is 54.8 Å². The number of aliphatic hydroxyl groups is 1. The van der Waals surface area contributed by atoms with Crippen LogP contribution in [-0.2, 0) is 4.74 Å². The Morgan fingerprint density at radius 2 is 1.85 bits per heavy atom. The van der Waals surface area contributed by atoms with E-state index in [1.54, 1.807) is 6.20 Å². The highest BCUT2D eigenvalue weighted by Gasteiger charge is 2.16. The number of aliphatic hydroxyl groups excluding tert-OH is 1. The molecule has 0 spiro atoms. The number of morpholine rings is 1. The Morgan fingerprint density at radius 3 is 2.74 bits per heavy atom. The number of aromatic nitrogens is 1. The van der Waals surface area contributed by atoms with Crippen molar-refractivity contribution >= 4 is 10.8 Å². The molecule has 1 saturated heterocycles. The second kappa shape index (κ2) is 8.48. The number of β-amino-alcohol motifs (C(OH)–C–C–N with tert-alkyl or cyclic N) is 1. The molecule has 4 rings (SSSR count). The van der Waals surface area contributed by atoms with Crippen molar-refractivity contribution in [2.45, 2.75) is 6.10 Å². The van der Waals surface area contributed by atoms with Crippen LogP contribution in [0.5, 0.6) is 5.75 Å². The highest BCUT2D eigenvalue weighted by Crippen LogP contribution is 2.34. The number of pyridine rings is 1. The number of benzene rings is 2. The average Bonchev–Trinajstić information content (AvgIpc) is 2.73. The minimum atomic E-state index is -0.534. The Labute approximate surface area is 159 Å². The van der Waals surface area contributed by atoms with Gasteiger partial charge in [0.2, 0.25) is 0 Å². The molecule has 1 N–H and O–H groups in total. The smallest absolute Gasteiger partial charge is 0.127 e. The van der Waals surface area contributed by atoms with Crippen LogP contribution in [0.15, 0.2) is 60.9 Å². The molecule has 2 heterocycles. The van der Waals surface area contributed by atoms with Crippen molar-refractivity contribution in [3.8, 4) is 16.9 Å². The highest BCUT2D eigenvalue weighted by atomic mass is 16.5. The molecule has 140 valence electrons. The Bertz CT molecular complexity index is 888. The maximum absolute atomic E-state index is 10.4. The van der Waals surface area contributed by atoms with Crippen molar-refractivity contribution < 1.29 is 14.6 Å². The van der Waals surface area contributed by atoms with Gasteiger partial charge in [0.05, 0.1) is 13.2 Å². The predicted octanol–water partition coefficient (Wildman–Crippen LogP) is 2.97. The molecule has 1 aromatic heterocycles. The van der Waals surface area contributed by atoms with E-state index in [0.29, 0.717) is 6.54 Å². The summed E-state index contributed by atoms with van der Waals surface area (Å²) in [6.45, 7) is 4.04. The minimum Gasteiger partial charge on any atom is -0.490 e. The van der Waals surface area contributed by atoms with Crippen LogP contribution >= 0.6 is 0 Å². The van der Waals surface area contributed by atoms with Crippen molar-refractivity contribution in [3.05, 3.63) is 60.9 Å². The van der Waals surface area contributed by atoms with E-state index in [1.165, 1.54) is 0 Å². The summed E-state index contributed by atoms with van der Waals surface area (Å²) < 4.78 is 11.4. The number of para-hydroxylation sites is 1. The molecule has 0 saturated carbocycles. The Hall–Kier alpha value is -2.47. The summed E-state index contributed by atoms with van der Waals surface area (Å²) in [5.74, 6) is 0.780. The number of ether oxygens (including phenoxy) is 2. The summed E-state index contributed by atoms with van der Waals surface area (Å²) in [5.41, 5.74) is 2.13. The molecule has 0 bridgehead atoms. The number of fused-ring (bicyclic) bond motifs is 1. The second-order valence-electron chi connectivity index (χ2n) is 6.78. The van der Waals surface area contributed by atoms with E-state index >= 15 is 0 Å². The Kier molecular flexibility index (Phi) is 5.63. The van der Waals surface area contributed by atoms with Gasteiger partial charge >= 0.3 is 0 Å². The van der Waals surface area contributed by atoms with Crippen molar-refractivity contribution in [3.63, 3.8) is 0 Å². The normalized spacial score (nSPS) is 16.3. The van der Waals surface area contributed by atoms with Crippen molar-refractivity contribution in [2.24, 2.45) is 0 Å². The van der Waals surface area contributed by atoms with Gasteiger partial charge < -0.3 is 14.6 Å². The fraction of sp³-hybridized carbons (Fsp3) is 0.318. The summed E-state index contributed by atoms with van der Waals surface area (Å²) in [6, 6.07) is 16.2. The van der Waals surface area contributed by atoms with Gasteiger partial charge in [-0.1, -0.05) is 36.4 Å². The van der Waals surface area contributed by atoms with Crippen LogP contribution in [0.3, 0.4) is 0 Å². The van der Waals surface area contributed by atoms with Gasteiger partial charge in [-0.15, -0.1) is 0 Å². The average molecular weight is 364 g/mol. The largest absolute Gasteiger partial charge is 0.490 e. The molecule has 0 aliphatic carbocycles. The Balaban J connectivity index is 1.51. The third-order valence-corrected chi connectivity index (χ3v) is 4.86. The molecule has 1 atom stereocenters. The molecule has 0 radical (unpaired) electrons. The fourth-order valence-corrected chi connectivity index (χ4v) is 3.49. The standard InChI is InChI=1S/C22H24N2O3/c25-18(15-24-10-12-26-13-11-24)16-27-22-7-2-1-5-21(22)20-6-3-4-17-14-23-9-8-19(17)20/h1-9,14,18,25H,10-13,15-16H2/t18-/m1/s1. The summed E-state index contributed by atoms with van der Waals surface area (Å²) in [5, 5.41) is 12.6. The SMILES string of the molecule is O[C@@H](COc1ccccc1-c1cccc2cnccc12)CN1CCOCC1. The molecule has 1 aliphatic rings. The zero-order valence-electron chi connectivity index (χ0n) is 15.3. The van der Waals surface area contributed by atoms with Gasteiger partial charge in [-0.3, -0.25) is 9.88 Å². The van der Waals surface area contributed by atoms with E-state index in [1.807, 2.05) is 36.5 Å². The summed E-state index contributed by atoms with van der Waals surface area (Å²) in [6.07, 6.45) is 3.14. The number of nitrogens with zero attached hydrogens (tertiary/aromatic N) is 2. The third-order valence-electron chi connectivity index (χ3n) is 4.86. The molecular weight excluding hydrogens is 340 g/mol. The molecule has 1 fully saturated rings. The molecular formula is C22H24N2O3. The molecule has 3 aromatic rings. The van der Waals surface area contributed by atoms with E-state index < -0.39 is 6.10 Å². The van der Waals surface area contributed by atoms with Gasteiger partial charge in [-0.25, -0.2) is 0 Å². The van der Waals surface area contributed by atoms with Crippen LogP contribution in [0.2, 0.25) is 0 Å². The van der Waals surface area contributed by atoms with Crippen LogP contribution in [-0.4, -0.2) is 60.5 Å². The van der Waals surface area contributed by atoms with E-state index in [9.17, 15) is 5.11 Å². The molecule has 27 heavy (non-hydrogen) atoms. The summed E-state index contributed by atoms with van der Waals surface area (Å²) >= 11 is 0. The van der Waals surface area contributed by atoms with E-state index in [0.717, 1.165) is 54.0 Å². The lowest BCUT2D eigenvalue weighted by molar-refractivity contribution is 0.00471. The first-order valence-corrected chi connectivity index (χ1v) is 9.34. The Morgan fingerprint density at radius 1 is 1.04 bits per heavy atom. The van der Waals surface area contributed by atoms with Crippen LogP contribution in [0, 0.1) is 0 Å². The second-order valence-corrected chi connectivity index (χ2v) is 6.78. The lowest BCUT2D eigenvalue weighted by Gasteiger charge is -2.28. The molecule has 5 heteroatoms. The molecule has 1 aliphatic heterocycles. The van der Waals surface area contributed by atoms with E-state index in [2.05, 4.69) is 28.1 Å². The lowest BCUT2D eigenvalue weighted by atomic mass is 9.99. The summed E-state index contributed by atoms with van der Waals surface area (Å²) in [7, 11) is 0. The van der Waals surface area contributed by atoms with Gasteiger partial charge in [-0.05, 0) is 23.1 Å². The molecule has 0 unspecified atom stereocenters. The van der Waals surface area contributed by atoms with E-state index in [-0.39, 0.29) is 6.61 Å². The van der Waals surface area contributed by atoms with E-state index in [4.69, 9.17) is 9.47 Å². The van der Waals surface area contributed by atoms with Crippen LogP contribution < -0.4 is 4.74 Å². The third kappa shape index (κ3) is 4.27. The van der Waals surface area contributed by atoms with Crippen molar-refractivity contribution in [2.75, 3.05) is 39.5 Å². The molecule has 2 aromatic carbocycles. The van der Waals surface area contributed by atoms with Gasteiger partial charge in [-0.2, -0.15) is 0 Å². The summed E-state index contributed by atoms with van der Waals surface area (Å²) in [4.78, 5) is 6.42. The number of hydrogen-bond acceptors (Lipinski definition) is 5. The van der Waals surface area contributed by atoms with Gasteiger partial charge in [0.1, 0.15) is 18.5 Å². The highest BCUT2D eigenvalue weighted by molar-refractivity contribution is 5.97. The van der Waals surface area contributed by atoms with Crippen molar-refractivity contribution in [1.29, 1.82) is 0 Å². The maximum Gasteiger partial charge on any atom is 0.127 e. The van der Waals surface area contributed by atoms with Gasteiger partial charge in [0.15, 0.2) is 0 Å². The number of rotatable bonds is 6.